The van der Waals surface area contributed by atoms with Crippen LogP contribution in [0.15, 0.2) is 30.3 Å². The van der Waals surface area contributed by atoms with Gasteiger partial charge in [-0.2, -0.15) is 0 Å². The Morgan fingerprint density at radius 1 is 1.23 bits per heavy atom. The molecule has 0 aliphatic carbocycles. The predicted octanol–water partition coefficient (Wildman–Crippen LogP) is 1.55. The van der Waals surface area contributed by atoms with Crippen LogP contribution in [0, 0.1) is 11.3 Å². The zero-order valence-corrected chi connectivity index (χ0v) is 11.7. The first kappa shape index (κ1) is 14.1. The van der Waals surface area contributed by atoms with Crippen LogP contribution in [0.3, 0.4) is 0 Å². The van der Waals surface area contributed by atoms with E-state index in [-0.39, 0.29) is 30.2 Å². The Kier molecular flexibility index (Phi) is 3.29. The summed E-state index contributed by atoms with van der Waals surface area (Å²) in [5, 5.41) is 22.1. The number of hydrogen-bond acceptors (Lipinski definition) is 5. The third kappa shape index (κ3) is 2.18. The Hall–Kier alpha value is -2.89. The van der Waals surface area contributed by atoms with Gasteiger partial charge in [-0.25, -0.2) is 0 Å². The lowest BCUT2D eigenvalue weighted by Gasteiger charge is -2.23. The zero-order valence-electron chi connectivity index (χ0n) is 11.7. The maximum absolute atomic E-state index is 12.0. The number of phenolic OH excluding ortho intramolecular Hbond substituents is 1. The van der Waals surface area contributed by atoms with Gasteiger partial charge in [0.1, 0.15) is 5.75 Å². The van der Waals surface area contributed by atoms with Crippen LogP contribution < -0.4 is 11.1 Å². The van der Waals surface area contributed by atoms with Crippen molar-refractivity contribution < 1.29 is 14.7 Å². The summed E-state index contributed by atoms with van der Waals surface area (Å²) >= 11 is 0. The molecule has 3 rings (SSSR count). The van der Waals surface area contributed by atoms with Crippen molar-refractivity contribution in [2.45, 2.75) is 12.8 Å². The molecule has 6 heteroatoms. The molecule has 112 valence electrons. The number of imide groups is 1. The van der Waals surface area contributed by atoms with Crippen LogP contribution >= 0.6 is 0 Å². The fourth-order valence-electron chi connectivity index (χ4n) is 2.80. The largest absolute Gasteiger partial charge is 0.507 e. The molecule has 0 saturated carbocycles. The van der Waals surface area contributed by atoms with Gasteiger partial charge in [-0.3, -0.25) is 14.9 Å². The van der Waals surface area contributed by atoms with E-state index in [1.165, 1.54) is 6.07 Å². The van der Waals surface area contributed by atoms with Gasteiger partial charge >= 0.3 is 0 Å². The highest BCUT2D eigenvalue weighted by Crippen LogP contribution is 2.33. The topological polar surface area (TPSA) is 116 Å². The molecule has 2 amide bonds. The molecular formula is C16H15N3O3. The minimum absolute atomic E-state index is 0.00120. The number of carbonyl (C=O) groups excluding carboxylic acids is 2. The van der Waals surface area contributed by atoms with Crippen molar-refractivity contribution in [3.05, 3.63) is 35.9 Å². The SMILES string of the molecule is N=C(c1c(O)ccc2c(N)cccc12)C1CCC(=O)NC1=O. The summed E-state index contributed by atoms with van der Waals surface area (Å²) < 4.78 is 0. The molecule has 1 fully saturated rings. The van der Waals surface area contributed by atoms with Crippen molar-refractivity contribution in [3.8, 4) is 5.75 Å². The highest BCUT2D eigenvalue weighted by molar-refractivity contribution is 6.21. The second-order valence-electron chi connectivity index (χ2n) is 5.32. The van der Waals surface area contributed by atoms with E-state index in [1.807, 2.05) is 0 Å². The standard InChI is InChI=1S/C16H15N3O3/c17-11-3-1-2-9-8(11)4-6-12(20)14(9)15(18)10-5-7-13(21)19-16(10)22/h1-4,6,10,18,20H,5,7,17H2,(H,19,21,22). The molecule has 0 bridgehead atoms. The maximum Gasteiger partial charge on any atom is 0.235 e. The number of nitrogens with one attached hydrogen (secondary N) is 2. The molecule has 6 nitrogen and oxygen atoms in total. The third-order valence-corrected chi connectivity index (χ3v) is 3.93. The summed E-state index contributed by atoms with van der Waals surface area (Å²) in [4.78, 5) is 23.2. The van der Waals surface area contributed by atoms with Crippen LogP contribution in [0.25, 0.3) is 10.8 Å². The smallest absolute Gasteiger partial charge is 0.235 e. The van der Waals surface area contributed by atoms with Gasteiger partial charge in [0, 0.05) is 23.1 Å². The highest BCUT2D eigenvalue weighted by atomic mass is 16.3. The lowest BCUT2D eigenvalue weighted by molar-refractivity contribution is -0.134. The molecule has 2 aromatic rings. The molecule has 1 atom stereocenters. The quantitative estimate of drug-likeness (QED) is 0.382. The number of benzene rings is 2. The minimum Gasteiger partial charge on any atom is -0.507 e. The van der Waals surface area contributed by atoms with Gasteiger partial charge in [0.15, 0.2) is 0 Å². The molecule has 5 N–H and O–H groups in total. The summed E-state index contributed by atoms with van der Waals surface area (Å²) in [5.41, 5.74) is 6.75. The van der Waals surface area contributed by atoms with Gasteiger partial charge in [-0.15, -0.1) is 0 Å². The fourth-order valence-corrected chi connectivity index (χ4v) is 2.80. The second kappa shape index (κ2) is 5.14. The number of nitrogens with two attached hydrogens (primary N) is 1. The summed E-state index contributed by atoms with van der Waals surface area (Å²) in [6.07, 6.45) is 0.452. The second-order valence-corrected chi connectivity index (χ2v) is 5.32. The number of rotatable bonds is 2. The number of phenols is 1. The molecule has 1 aliphatic rings. The minimum atomic E-state index is -0.754. The van der Waals surface area contributed by atoms with Crippen molar-refractivity contribution in [2.75, 3.05) is 5.73 Å². The molecule has 1 heterocycles. The maximum atomic E-state index is 12.0. The van der Waals surface area contributed by atoms with E-state index in [1.54, 1.807) is 24.3 Å². The summed E-state index contributed by atoms with van der Waals surface area (Å²) in [5.74, 6) is -1.66. The van der Waals surface area contributed by atoms with E-state index >= 15 is 0 Å². The number of amides is 2. The van der Waals surface area contributed by atoms with Crippen molar-refractivity contribution >= 4 is 34.0 Å². The fraction of sp³-hybridized carbons (Fsp3) is 0.188. The van der Waals surface area contributed by atoms with E-state index in [0.717, 1.165) is 0 Å². The van der Waals surface area contributed by atoms with Crippen LogP contribution in [0.2, 0.25) is 0 Å². The summed E-state index contributed by atoms with van der Waals surface area (Å²) in [7, 11) is 0. The number of anilines is 1. The summed E-state index contributed by atoms with van der Waals surface area (Å²) in [6.45, 7) is 0. The molecule has 1 aliphatic heterocycles. The number of piperidine rings is 1. The van der Waals surface area contributed by atoms with Crippen LogP contribution in [0.4, 0.5) is 5.69 Å². The normalized spacial score (nSPS) is 18.3. The van der Waals surface area contributed by atoms with E-state index in [9.17, 15) is 14.7 Å². The molecule has 1 saturated heterocycles. The summed E-state index contributed by atoms with van der Waals surface area (Å²) in [6, 6.07) is 8.37. The van der Waals surface area contributed by atoms with Gasteiger partial charge in [0.2, 0.25) is 11.8 Å². The Bertz CT molecular complexity index is 814. The van der Waals surface area contributed by atoms with Crippen molar-refractivity contribution in [1.29, 1.82) is 5.41 Å². The lowest BCUT2D eigenvalue weighted by Crippen LogP contribution is -2.43. The van der Waals surface area contributed by atoms with E-state index in [2.05, 4.69) is 5.32 Å². The Morgan fingerprint density at radius 2 is 2.00 bits per heavy atom. The van der Waals surface area contributed by atoms with Gasteiger partial charge in [0.05, 0.1) is 11.6 Å². The molecule has 1 unspecified atom stereocenters. The molecule has 22 heavy (non-hydrogen) atoms. The molecule has 0 aromatic heterocycles. The van der Waals surface area contributed by atoms with Crippen molar-refractivity contribution in [1.82, 2.24) is 5.32 Å². The average Bonchev–Trinajstić information content (AvgIpc) is 2.46. The van der Waals surface area contributed by atoms with E-state index in [4.69, 9.17) is 11.1 Å². The van der Waals surface area contributed by atoms with Gasteiger partial charge < -0.3 is 16.2 Å². The Balaban J connectivity index is 2.11. The van der Waals surface area contributed by atoms with Gasteiger partial charge in [-0.1, -0.05) is 12.1 Å². The van der Waals surface area contributed by atoms with Crippen LogP contribution in [-0.4, -0.2) is 22.6 Å². The monoisotopic (exact) mass is 297 g/mol. The Morgan fingerprint density at radius 3 is 2.73 bits per heavy atom. The number of carbonyl (C=O) groups is 2. The number of fused-ring (bicyclic) bond motifs is 1. The third-order valence-electron chi connectivity index (χ3n) is 3.93. The first-order valence-corrected chi connectivity index (χ1v) is 6.91. The first-order chi connectivity index (χ1) is 10.5. The first-order valence-electron chi connectivity index (χ1n) is 6.91. The van der Waals surface area contributed by atoms with Gasteiger partial charge in [0.25, 0.3) is 0 Å². The van der Waals surface area contributed by atoms with E-state index in [0.29, 0.717) is 22.0 Å². The number of nitrogen functional groups attached to an aromatic ring is 1. The predicted molar refractivity (Wildman–Crippen MR) is 82.7 cm³/mol. The van der Waals surface area contributed by atoms with Crippen LogP contribution in [0.5, 0.6) is 5.75 Å². The number of aromatic hydroxyl groups is 1. The number of hydrogen-bond donors (Lipinski definition) is 4. The average molecular weight is 297 g/mol. The highest BCUT2D eigenvalue weighted by Gasteiger charge is 2.32. The lowest BCUT2D eigenvalue weighted by atomic mass is 9.86. The molecular weight excluding hydrogens is 282 g/mol. The van der Waals surface area contributed by atoms with Crippen LogP contribution in [-0.2, 0) is 9.59 Å². The van der Waals surface area contributed by atoms with Crippen molar-refractivity contribution in [2.24, 2.45) is 5.92 Å². The van der Waals surface area contributed by atoms with E-state index < -0.39 is 11.8 Å². The Labute approximate surface area is 126 Å². The van der Waals surface area contributed by atoms with Crippen LogP contribution in [0.1, 0.15) is 18.4 Å². The molecule has 0 radical (unpaired) electrons. The molecule has 0 spiro atoms. The van der Waals surface area contributed by atoms with Crippen molar-refractivity contribution in [3.63, 3.8) is 0 Å². The zero-order chi connectivity index (χ0) is 15.9. The van der Waals surface area contributed by atoms with Gasteiger partial charge in [-0.05, 0) is 30.0 Å². The molecule has 2 aromatic carbocycles.